The molecule has 25 heavy (non-hydrogen) atoms. The fourth-order valence-electron chi connectivity index (χ4n) is 2.45. The van der Waals surface area contributed by atoms with E-state index < -0.39 is 0 Å². The second-order valence-electron chi connectivity index (χ2n) is 6.58. The van der Waals surface area contributed by atoms with Crippen molar-refractivity contribution in [3.8, 4) is 0 Å². The van der Waals surface area contributed by atoms with Crippen LogP contribution in [0.25, 0.3) is 0 Å². The van der Waals surface area contributed by atoms with Crippen LogP contribution in [0.2, 0.25) is 0 Å². The van der Waals surface area contributed by atoms with Crippen LogP contribution >= 0.6 is 11.3 Å². The standard InChI is InChI=1S/C18H22N4O2S/c1-12(2)17(24)21-18-20-14(11-25-18)8-16(23)22(15-5-6-15)10-13-4-3-7-19-9-13/h3-4,7,9,11-12,15H,5-6,8,10H2,1-2H3,(H,20,21,24). The minimum absolute atomic E-state index is 0.0663. The largest absolute Gasteiger partial charge is 0.335 e. The number of hydrogen-bond acceptors (Lipinski definition) is 5. The Kier molecular flexibility index (Phi) is 5.43. The first-order valence-corrected chi connectivity index (χ1v) is 9.34. The van der Waals surface area contributed by atoms with Crippen LogP contribution in [0, 0.1) is 5.92 Å². The van der Waals surface area contributed by atoms with Gasteiger partial charge in [0.2, 0.25) is 11.8 Å². The van der Waals surface area contributed by atoms with Gasteiger partial charge in [-0.1, -0.05) is 19.9 Å². The Morgan fingerprint density at radius 3 is 2.84 bits per heavy atom. The van der Waals surface area contributed by atoms with Gasteiger partial charge in [0.25, 0.3) is 0 Å². The molecule has 3 rings (SSSR count). The van der Waals surface area contributed by atoms with E-state index in [0.29, 0.717) is 23.4 Å². The van der Waals surface area contributed by atoms with Crippen LogP contribution in [0.15, 0.2) is 29.9 Å². The lowest BCUT2D eigenvalue weighted by atomic mass is 10.2. The maximum Gasteiger partial charge on any atom is 0.229 e. The number of carbonyl (C=O) groups excluding carboxylic acids is 2. The Hall–Kier alpha value is -2.28. The zero-order valence-corrected chi connectivity index (χ0v) is 15.3. The van der Waals surface area contributed by atoms with Gasteiger partial charge < -0.3 is 10.2 Å². The summed E-state index contributed by atoms with van der Waals surface area (Å²) in [6.45, 7) is 4.25. The van der Waals surface area contributed by atoms with E-state index in [1.54, 1.807) is 12.4 Å². The van der Waals surface area contributed by atoms with Gasteiger partial charge in [0.15, 0.2) is 5.13 Å². The predicted octanol–water partition coefficient (Wildman–Crippen LogP) is 2.87. The van der Waals surface area contributed by atoms with Gasteiger partial charge in [-0.3, -0.25) is 14.6 Å². The molecule has 0 bridgehead atoms. The van der Waals surface area contributed by atoms with Crippen LogP contribution in [0.5, 0.6) is 0 Å². The number of rotatable bonds is 7. The molecule has 2 amide bonds. The Balaban J connectivity index is 1.62. The summed E-state index contributed by atoms with van der Waals surface area (Å²) in [5.41, 5.74) is 1.73. The van der Waals surface area contributed by atoms with Crippen molar-refractivity contribution >= 4 is 28.3 Å². The van der Waals surface area contributed by atoms with Crippen molar-refractivity contribution in [2.75, 3.05) is 5.32 Å². The lowest BCUT2D eigenvalue weighted by molar-refractivity contribution is -0.131. The highest BCUT2D eigenvalue weighted by molar-refractivity contribution is 7.13. The molecular formula is C18H22N4O2S. The van der Waals surface area contributed by atoms with Gasteiger partial charge >= 0.3 is 0 Å². The first-order chi connectivity index (χ1) is 12.0. The summed E-state index contributed by atoms with van der Waals surface area (Å²) in [4.78, 5) is 34.9. The third kappa shape index (κ3) is 4.85. The molecule has 1 aliphatic carbocycles. The average Bonchev–Trinajstić information content (AvgIpc) is 3.34. The van der Waals surface area contributed by atoms with Crippen LogP contribution in [0.4, 0.5) is 5.13 Å². The van der Waals surface area contributed by atoms with Crippen molar-refractivity contribution in [2.24, 2.45) is 5.92 Å². The lowest BCUT2D eigenvalue weighted by Crippen LogP contribution is -2.33. The summed E-state index contributed by atoms with van der Waals surface area (Å²) in [5, 5.41) is 5.16. The molecule has 0 unspecified atom stereocenters. The SMILES string of the molecule is CC(C)C(=O)Nc1nc(CC(=O)N(Cc2cccnc2)C2CC2)cs1. The number of thiazole rings is 1. The molecule has 0 spiro atoms. The van der Waals surface area contributed by atoms with Crippen LogP contribution in [0.3, 0.4) is 0 Å². The van der Waals surface area contributed by atoms with Crippen LogP contribution < -0.4 is 5.32 Å². The third-order valence-corrected chi connectivity index (χ3v) is 4.83. The van der Waals surface area contributed by atoms with Crippen molar-refractivity contribution in [1.29, 1.82) is 0 Å². The summed E-state index contributed by atoms with van der Waals surface area (Å²) in [7, 11) is 0. The molecule has 1 fully saturated rings. The number of nitrogens with zero attached hydrogens (tertiary/aromatic N) is 3. The molecule has 7 heteroatoms. The van der Waals surface area contributed by atoms with E-state index in [2.05, 4.69) is 15.3 Å². The fraction of sp³-hybridized carbons (Fsp3) is 0.444. The molecule has 132 valence electrons. The van der Waals surface area contributed by atoms with Gasteiger partial charge in [0.1, 0.15) is 0 Å². The minimum atomic E-state index is -0.0983. The van der Waals surface area contributed by atoms with E-state index in [-0.39, 0.29) is 24.2 Å². The van der Waals surface area contributed by atoms with E-state index in [1.165, 1.54) is 11.3 Å². The number of hydrogen-bond donors (Lipinski definition) is 1. The quantitative estimate of drug-likeness (QED) is 0.826. The number of anilines is 1. The topological polar surface area (TPSA) is 75.2 Å². The highest BCUT2D eigenvalue weighted by atomic mass is 32.1. The molecule has 1 saturated carbocycles. The maximum absolute atomic E-state index is 12.7. The summed E-state index contributed by atoms with van der Waals surface area (Å²) >= 11 is 1.35. The Bertz CT molecular complexity index is 741. The monoisotopic (exact) mass is 358 g/mol. The molecule has 6 nitrogen and oxygen atoms in total. The molecular weight excluding hydrogens is 336 g/mol. The Morgan fingerprint density at radius 1 is 1.40 bits per heavy atom. The summed E-state index contributed by atoms with van der Waals surface area (Å²) in [5.74, 6) is -0.0966. The van der Waals surface area contributed by atoms with Crippen molar-refractivity contribution in [1.82, 2.24) is 14.9 Å². The summed E-state index contributed by atoms with van der Waals surface area (Å²) in [6.07, 6.45) is 5.89. The van der Waals surface area contributed by atoms with Crippen LogP contribution in [0.1, 0.15) is 37.9 Å². The number of aromatic nitrogens is 2. The molecule has 0 atom stereocenters. The van der Waals surface area contributed by atoms with Gasteiger partial charge in [-0.05, 0) is 24.5 Å². The van der Waals surface area contributed by atoms with Gasteiger partial charge in [0, 0.05) is 36.3 Å². The highest BCUT2D eigenvalue weighted by Crippen LogP contribution is 2.29. The van der Waals surface area contributed by atoms with E-state index in [4.69, 9.17) is 0 Å². The second kappa shape index (κ2) is 7.74. The zero-order valence-electron chi connectivity index (χ0n) is 14.4. The molecule has 0 aliphatic heterocycles. The predicted molar refractivity (Wildman–Crippen MR) is 97.1 cm³/mol. The van der Waals surface area contributed by atoms with Crippen molar-refractivity contribution in [3.05, 3.63) is 41.2 Å². The number of nitrogens with one attached hydrogen (secondary N) is 1. The molecule has 2 aromatic heterocycles. The Morgan fingerprint density at radius 2 is 2.20 bits per heavy atom. The molecule has 0 radical (unpaired) electrons. The van der Waals surface area contributed by atoms with Gasteiger partial charge in [-0.2, -0.15) is 0 Å². The van der Waals surface area contributed by atoms with Gasteiger partial charge in [-0.25, -0.2) is 4.98 Å². The molecule has 1 aliphatic rings. The van der Waals surface area contributed by atoms with Gasteiger partial charge in [0.05, 0.1) is 12.1 Å². The van der Waals surface area contributed by atoms with E-state index in [1.807, 2.05) is 36.3 Å². The molecule has 0 saturated heterocycles. The average molecular weight is 358 g/mol. The summed E-state index contributed by atoms with van der Waals surface area (Å²) in [6, 6.07) is 4.19. The minimum Gasteiger partial charge on any atom is -0.335 e. The smallest absolute Gasteiger partial charge is 0.229 e. The van der Waals surface area contributed by atoms with E-state index >= 15 is 0 Å². The normalized spacial score (nSPS) is 13.7. The highest BCUT2D eigenvalue weighted by Gasteiger charge is 2.32. The summed E-state index contributed by atoms with van der Waals surface area (Å²) < 4.78 is 0. The van der Waals surface area contributed by atoms with E-state index in [0.717, 1.165) is 18.4 Å². The molecule has 2 heterocycles. The Labute approximate surface area is 151 Å². The number of carbonyl (C=O) groups is 2. The van der Waals surface area contributed by atoms with Crippen molar-refractivity contribution < 1.29 is 9.59 Å². The molecule has 0 aromatic carbocycles. The first kappa shape index (κ1) is 17.5. The zero-order chi connectivity index (χ0) is 17.8. The van der Waals surface area contributed by atoms with Crippen LogP contribution in [-0.2, 0) is 22.6 Å². The first-order valence-electron chi connectivity index (χ1n) is 8.46. The maximum atomic E-state index is 12.7. The van der Waals surface area contributed by atoms with E-state index in [9.17, 15) is 9.59 Å². The fourth-order valence-corrected chi connectivity index (χ4v) is 3.16. The molecule has 1 N–H and O–H groups in total. The molecule has 2 aromatic rings. The van der Waals surface area contributed by atoms with Crippen molar-refractivity contribution in [3.63, 3.8) is 0 Å². The lowest BCUT2D eigenvalue weighted by Gasteiger charge is -2.22. The van der Waals surface area contributed by atoms with Gasteiger partial charge in [-0.15, -0.1) is 11.3 Å². The second-order valence-corrected chi connectivity index (χ2v) is 7.44. The number of pyridine rings is 1. The van der Waals surface area contributed by atoms with Crippen LogP contribution in [-0.4, -0.2) is 32.7 Å². The van der Waals surface area contributed by atoms with Crippen molar-refractivity contribution in [2.45, 2.75) is 45.7 Å². The number of amides is 2. The third-order valence-electron chi connectivity index (χ3n) is 4.02.